The van der Waals surface area contributed by atoms with E-state index in [1.54, 1.807) is 0 Å². The van der Waals surface area contributed by atoms with Crippen molar-refractivity contribution >= 4 is 0 Å². The summed E-state index contributed by atoms with van der Waals surface area (Å²) < 4.78 is 0. The molecule has 1 saturated heterocycles. The normalized spacial score (nSPS) is 17.5. The third-order valence-electron chi connectivity index (χ3n) is 4.48. The van der Waals surface area contributed by atoms with Crippen molar-refractivity contribution in [1.82, 2.24) is 10.2 Å². The first-order chi connectivity index (χ1) is 9.24. The number of rotatable bonds is 10. The highest BCUT2D eigenvalue weighted by atomic mass is 15.1. The van der Waals surface area contributed by atoms with E-state index >= 15 is 0 Å². The lowest BCUT2D eigenvalue weighted by molar-refractivity contribution is 0.166. The zero-order valence-corrected chi connectivity index (χ0v) is 13.6. The molecule has 0 aromatic rings. The van der Waals surface area contributed by atoms with Gasteiger partial charge in [0.1, 0.15) is 0 Å². The molecule has 1 aliphatic heterocycles. The van der Waals surface area contributed by atoms with E-state index in [1.165, 1.54) is 77.5 Å². The maximum Gasteiger partial charge on any atom is 0.00387 e. The Labute approximate surface area is 121 Å². The summed E-state index contributed by atoms with van der Waals surface area (Å²) >= 11 is 0. The largest absolute Gasteiger partial charge is 0.317 e. The molecule has 0 saturated carbocycles. The fourth-order valence-corrected chi connectivity index (χ4v) is 3.05. The van der Waals surface area contributed by atoms with Crippen molar-refractivity contribution in [3.8, 4) is 0 Å². The molecular weight excluding hydrogens is 232 g/mol. The van der Waals surface area contributed by atoms with E-state index in [0.29, 0.717) is 6.04 Å². The topological polar surface area (TPSA) is 15.3 Å². The summed E-state index contributed by atoms with van der Waals surface area (Å²) in [6, 6.07) is 0.713. The molecule has 1 rings (SSSR count). The van der Waals surface area contributed by atoms with Gasteiger partial charge in [-0.3, -0.25) is 0 Å². The minimum Gasteiger partial charge on any atom is -0.317 e. The molecule has 1 heterocycles. The molecule has 0 bridgehead atoms. The smallest absolute Gasteiger partial charge is 0.00387 e. The van der Waals surface area contributed by atoms with Gasteiger partial charge in [0.15, 0.2) is 0 Å². The summed E-state index contributed by atoms with van der Waals surface area (Å²) in [5.74, 6) is 0.934. The Morgan fingerprint density at radius 2 is 1.63 bits per heavy atom. The fourth-order valence-electron chi connectivity index (χ4n) is 3.05. The van der Waals surface area contributed by atoms with E-state index in [-0.39, 0.29) is 0 Å². The van der Waals surface area contributed by atoms with Crippen molar-refractivity contribution < 1.29 is 0 Å². The molecule has 0 aliphatic carbocycles. The summed E-state index contributed by atoms with van der Waals surface area (Å²) in [5, 5.41) is 3.47. The molecule has 1 fully saturated rings. The fraction of sp³-hybridized carbons (Fsp3) is 1.00. The minimum atomic E-state index is 0.713. The molecule has 1 N–H and O–H groups in total. The minimum absolute atomic E-state index is 0.713. The van der Waals surface area contributed by atoms with Crippen LogP contribution in [0, 0.1) is 5.92 Å². The molecule has 19 heavy (non-hydrogen) atoms. The second-order valence-electron chi connectivity index (χ2n) is 6.55. The Balaban J connectivity index is 2.13. The molecule has 0 aromatic heterocycles. The molecular formula is C17H36N2. The van der Waals surface area contributed by atoms with Crippen molar-refractivity contribution in [2.45, 2.75) is 78.2 Å². The van der Waals surface area contributed by atoms with Crippen LogP contribution in [0.1, 0.15) is 72.1 Å². The first-order valence-corrected chi connectivity index (χ1v) is 8.68. The highest BCUT2D eigenvalue weighted by molar-refractivity contribution is 4.74. The highest BCUT2D eigenvalue weighted by Gasteiger charge is 2.18. The van der Waals surface area contributed by atoms with Crippen LogP contribution in [-0.2, 0) is 0 Å². The van der Waals surface area contributed by atoms with Crippen LogP contribution in [-0.4, -0.2) is 37.1 Å². The summed E-state index contributed by atoms with van der Waals surface area (Å²) in [4.78, 5) is 2.72. The number of nitrogens with one attached hydrogen (secondary N) is 1. The van der Waals surface area contributed by atoms with Crippen LogP contribution in [0.5, 0.6) is 0 Å². The predicted octanol–water partition coefficient (Wildman–Crippen LogP) is 4.06. The van der Waals surface area contributed by atoms with Crippen molar-refractivity contribution in [3.63, 3.8) is 0 Å². The Hall–Kier alpha value is -0.0800. The molecule has 2 heteroatoms. The van der Waals surface area contributed by atoms with Crippen LogP contribution >= 0.6 is 0 Å². The second-order valence-corrected chi connectivity index (χ2v) is 6.55. The second kappa shape index (κ2) is 10.7. The Kier molecular flexibility index (Phi) is 9.54. The maximum atomic E-state index is 3.47. The van der Waals surface area contributed by atoms with Crippen LogP contribution in [0.25, 0.3) is 0 Å². The monoisotopic (exact) mass is 268 g/mol. The standard InChI is InChI=1S/C17H36N2/c1-4-5-6-7-8-9-14-19(16(2)3)15-17-10-12-18-13-11-17/h16-18H,4-15H2,1-3H3. The van der Waals surface area contributed by atoms with Crippen LogP contribution in [0.4, 0.5) is 0 Å². The Morgan fingerprint density at radius 1 is 1.00 bits per heavy atom. The molecule has 0 aromatic carbocycles. The van der Waals surface area contributed by atoms with Crippen molar-refractivity contribution in [2.24, 2.45) is 5.92 Å². The third kappa shape index (κ3) is 7.94. The van der Waals surface area contributed by atoms with Gasteiger partial charge in [-0.25, -0.2) is 0 Å². The molecule has 0 unspecified atom stereocenters. The summed E-state index contributed by atoms with van der Waals surface area (Å²) in [5.41, 5.74) is 0. The van der Waals surface area contributed by atoms with E-state index in [0.717, 1.165) is 5.92 Å². The van der Waals surface area contributed by atoms with Crippen molar-refractivity contribution in [2.75, 3.05) is 26.2 Å². The van der Waals surface area contributed by atoms with E-state index in [9.17, 15) is 0 Å². The molecule has 114 valence electrons. The zero-order chi connectivity index (χ0) is 13.9. The average Bonchev–Trinajstić information content (AvgIpc) is 2.42. The quantitative estimate of drug-likeness (QED) is 0.601. The van der Waals surface area contributed by atoms with Gasteiger partial charge in [-0.15, -0.1) is 0 Å². The number of unbranched alkanes of at least 4 members (excludes halogenated alkanes) is 5. The molecule has 0 amide bonds. The van der Waals surface area contributed by atoms with Gasteiger partial charge in [0.05, 0.1) is 0 Å². The van der Waals surface area contributed by atoms with E-state index in [1.807, 2.05) is 0 Å². The third-order valence-corrected chi connectivity index (χ3v) is 4.48. The number of hydrogen-bond donors (Lipinski definition) is 1. The molecule has 0 radical (unpaired) electrons. The van der Waals surface area contributed by atoms with Gasteiger partial charge in [0, 0.05) is 12.6 Å². The predicted molar refractivity (Wildman–Crippen MR) is 85.7 cm³/mol. The van der Waals surface area contributed by atoms with E-state index in [4.69, 9.17) is 0 Å². The van der Waals surface area contributed by atoms with Crippen molar-refractivity contribution in [1.29, 1.82) is 0 Å². The van der Waals surface area contributed by atoms with Gasteiger partial charge in [-0.2, -0.15) is 0 Å². The van der Waals surface area contributed by atoms with Crippen LogP contribution < -0.4 is 5.32 Å². The summed E-state index contributed by atoms with van der Waals surface area (Å²) in [6.45, 7) is 12.1. The van der Waals surface area contributed by atoms with Gasteiger partial charge in [0.2, 0.25) is 0 Å². The summed E-state index contributed by atoms with van der Waals surface area (Å²) in [7, 11) is 0. The molecule has 1 aliphatic rings. The van der Waals surface area contributed by atoms with Gasteiger partial charge in [-0.05, 0) is 58.7 Å². The van der Waals surface area contributed by atoms with Gasteiger partial charge in [-0.1, -0.05) is 39.0 Å². The van der Waals surface area contributed by atoms with Crippen LogP contribution in [0.2, 0.25) is 0 Å². The van der Waals surface area contributed by atoms with E-state index < -0.39 is 0 Å². The van der Waals surface area contributed by atoms with Crippen LogP contribution in [0.15, 0.2) is 0 Å². The summed E-state index contributed by atoms with van der Waals surface area (Å²) in [6.07, 6.45) is 11.2. The SMILES string of the molecule is CCCCCCCCN(CC1CCNCC1)C(C)C. The lowest BCUT2D eigenvalue weighted by atomic mass is 9.97. The highest BCUT2D eigenvalue weighted by Crippen LogP contribution is 2.16. The number of hydrogen-bond acceptors (Lipinski definition) is 2. The number of nitrogens with zero attached hydrogens (tertiary/aromatic N) is 1. The van der Waals surface area contributed by atoms with Crippen molar-refractivity contribution in [3.05, 3.63) is 0 Å². The molecule has 2 nitrogen and oxygen atoms in total. The van der Waals surface area contributed by atoms with Gasteiger partial charge in [0.25, 0.3) is 0 Å². The van der Waals surface area contributed by atoms with Gasteiger partial charge >= 0.3 is 0 Å². The molecule has 0 atom stereocenters. The first-order valence-electron chi connectivity index (χ1n) is 8.68. The first kappa shape index (κ1) is 17.0. The lowest BCUT2D eigenvalue weighted by Gasteiger charge is -2.32. The lowest BCUT2D eigenvalue weighted by Crippen LogP contribution is -2.39. The van der Waals surface area contributed by atoms with Gasteiger partial charge < -0.3 is 10.2 Å². The maximum absolute atomic E-state index is 3.47. The van der Waals surface area contributed by atoms with E-state index in [2.05, 4.69) is 31.0 Å². The molecule has 0 spiro atoms. The van der Waals surface area contributed by atoms with Crippen LogP contribution in [0.3, 0.4) is 0 Å². The average molecular weight is 268 g/mol. The Morgan fingerprint density at radius 3 is 2.26 bits per heavy atom. The number of piperidine rings is 1. The zero-order valence-electron chi connectivity index (χ0n) is 13.6. The Bertz CT molecular complexity index is 197.